The summed E-state index contributed by atoms with van der Waals surface area (Å²) in [4.78, 5) is 3.98. The van der Waals surface area contributed by atoms with E-state index in [4.69, 9.17) is 9.52 Å². The van der Waals surface area contributed by atoms with Crippen molar-refractivity contribution in [3.05, 3.63) is 41.9 Å². The number of nitrogens with zero attached hydrogens (tertiary/aromatic N) is 1. The van der Waals surface area contributed by atoms with Gasteiger partial charge in [0.05, 0.1) is 11.9 Å². The monoisotopic (exact) mass is 268 g/mol. The van der Waals surface area contributed by atoms with Gasteiger partial charge < -0.3 is 9.52 Å². The third-order valence-corrected chi connectivity index (χ3v) is 3.47. The maximum Gasteiger partial charge on any atom is 0.295 e. The van der Waals surface area contributed by atoms with E-state index in [2.05, 4.69) is 9.71 Å². The molecule has 6 nitrogen and oxygen atoms in total. The van der Waals surface area contributed by atoms with Gasteiger partial charge >= 0.3 is 0 Å². The molecule has 2 heterocycles. The summed E-state index contributed by atoms with van der Waals surface area (Å²) in [5.41, 5.74) is 1.14. The van der Waals surface area contributed by atoms with E-state index in [-0.39, 0.29) is 17.5 Å². The van der Waals surface area contributed by atoms with Gasteiger partial charge in [-0.05, 0) is 31.2 Å². The molecule has 2 aromatic heterocycles. The number of aliphatic hydroxyl groups excluding tert-OH is 1. The van der Waals surface area contributed by atoms with Gasteiger partial charge in [-0.15, -0.1) is 0 Å². The largest absolute Gasteiger partial charge is 0.445 e. The Bertz CT molecular complexity index is 631. The molecule has 0 saturated carbocycles. The molecular weight excluding hydrogens is 256 g/mol. The molecule has 0 radical (unpaired) electrons. The lowest BCUT2D eigenvalue weighted by molar-refractivity contribution is 0.236. The van der Waals surface area contributed by atoms with Gasteiger partial charge in [0.2, 0.25) is 5.09 Å². The van der Waals surface area contributed by atoms with E-state index in [1.807, 2.05) is 0 Å². The van der Waals surface area contributed by atoms with Crippen LogP contribution in [0.25, 0.3) is 0 Å². The second-order valence-corrected chi connectivity index (χ2v) is 5.29. The molecule has 0 aliphatic heterocycles. The van der Waals surface area contributed by atoms with Crippen molar-refractivity contribution in [2.45, 2.75) is 18.6 Å². The lowest BCUT2D eigenvalue weighted by Crippen LogP contribution is -2.12. The third-order valence-electron chi connectivity index (χ3n) is 2.22. The minimum atomic E-state index is -3.78. The van der Waals surface area contributed by atoms with Crippen LogP contribution >= 0.6 is 0 Å². The fourth-order valence-corrected chi connectivity index (χ4v) is 2.32. The number of hydrogen-bond acceptors (Lipinski definition) is 5. The van der Waals surface area contributed by atoms with Crippen LogP contribution in [0, 0.1) is 6.92 Å². The van der Waals surface area contributed by atoms with Crippen LogP contribution in [-0.4, -0.2) is 18.5 Å². The Morgan fingerprint density at radius 1 is 1.33 bits per heavy atom. The minimum absolute atomic E-state index is 0.192. The van der Waals surface area contributed by atoms with Gasteiger partial charge in [-0.3, -0.25) is 9.71 Å². The van der Waals surface area contributed by atoms with Crippen molar-refractivity contribution in [3.63, 3.8) is 0 Å². The number of aromatic nitrogens is 1. The molecule has 2 aromatic rings. The van der Waals surface area contributed by atoms with Crippen LogP contribution in [0.4, 0.5) is 5.69 Å². The van der Waals surface area contributed by atoms with Crippen LogP contribution in [0.15, 0.2) is 40.0 Å². The first-order valence-corrected chi connectivity index (χ1v) is 6.64. The highest BCUT2D eigenvalue weighted by molar-refractivity contribution is 7.92. The average Bonchev–Trinajstić information content (AvgIpc) is 2.81. The highest BCUT2D eigenvalue weighted by Gasteiger charge is 2.18. The molecule has 0 bridgehead atoms. The molecule has 0 atom stereocenters. The highest BCUT2D eigenvalue weighted by atomic mass is 32.2. The SMILES string of the molecule is Cc1ccc(NS(=O)(=O)c2ccc(CO)o2)cn1. The first-order chi connectivity index (χ1) is 8.51. The van der Waals surface area contributed by atoms with Crippen LogP contribution < -0.4 is 4.72 Å². The molecule has 7 heteroatoms. The summed E-state index contributed by atoms with van der Waals surface area (Å²) in [5.74, 6) is 0.192. The zero-order chi connectivity index (χ0) is 13.2. The fraction of sp³-hybridized carbons (Fsp3) is 0.182. The average molecular weight is 268 g/mol. The smallest absolute Gasteiger partial charge is 0.295 e. The van der Waals surface area contributed by atoms with Crippen molar-refractivity contribution in [1.29, 1.82) is 0 Å². The zero-order valence-corrected chi connectivity index (χ0v) is 10.4. The number of aryl methyl sites for hydroxylation is 1. The van der Waals surface area contributed by atoms with E-state index in [1.165, 1.54) is 18.3 Å². The number of anilines is 1. The van der Waals surface area contributed by atoms with Crippen LogP contribution in [-0.2, 0) is 16.6 Å². The Kier molecular flexibility index (Phi) is 3.35. The van der Waals surface area contributed by atoms with E-state index in [0.29, 0.717) is 5.69 Å². The molecule has 0 spiro atoms. The standard InChI is InChI=1S/C11H12N2O4S/c1-8-2-3-9(6-12-8)13-18(15,16)11-5-4-10(7-14)17-11/h2-6,13-14H,7H2,1H3. The number of pyridine rings is 1. The lowest BCUT2D eigenvalue weighted by atomic mass is 10.4. The summed E-state index contributed by atoms with van der Waals surface area (Å²) in [6, 6.07) is 5.99. The first-order valence-electron chi connectivity index (χ1n) is 5.16. The normalized spacial score (nSPS) is 11.4. The maximum absolute atomic E-state index is 11.9. The Morgan fingerprint density at radius 2 is 2.11 bits per heavy atom. The van der Waals surface area contributed by atoms with Crippen molar-refractivity contribution in [1.82, 2.24) is 4.98 Å². The van der Waals surface area contributed by atoms with Gasteiger partial charge in [0.15, 0.2) is 0 Å². The Balaban J connectivity index is 2.24. The lowest BCUT2D eigenvalue weighted by Gasteiger charge is -2.05. The molecule has 96 valence electrons. The van der Waals surface area contributed by atoms with E-state index in [0.717, 1.165) is 5.69 Å². The quantitative estimate of drug-likeness (QED) is 0.871. The van der Waals surface area contributed by atoms with Gasteiger partial charge in [0.1, 0.15) is 12.4 Å². The number of hydrogen-bond donors (Lipinski definition) is 2. The van der Waals surface area contributed by atoms with Crippen molar-refractivity contribution in [3.8, 4) is 0 Å². The molecule has 0 amide bonds. The fourth-order valence-electron chi connectivity index (χ4n) is 1.32. The summed E-state index contributed by atoms with van der Waals surface area (Å²) in [6.07, 6.45) is 1.42. The molecule has 0 saturated heterocycles. The molecule has 18 heavy (non-hydrogen) atoms. The summed E-state index contributed by atoms with van der Waals surface area (Å²) < 4.78 is 31.1. The topological polar surface area (TPSA) is 92.4 Å². The third kappa shape index (κ3) is 2.69. The first kappa shape index (κ1) is 12.6. The van der Waals surface area contributed by atoms with Gasteiger partial charge in [-0.2, -0.15) is 8.42 Å². The van der Waals surface area contributed by atoms with E-state index in [9.17, 15) is 8.42 Å². The molecule has 0 aromatic carbocycles. The molecule has 0 aliphatic rings. The predicted octanol–water partition coefficient (Wildman–Crippen LogP) is 1.28. The Morgan fingerprint density at radius 3 is 2.67 bits per heavy atom. The van der Waals surface area contributed by atoms with Crippen molar-refractivity contribution < 1.29 is 17.9 Å². The van der Waals surface area contributed by atoms with Crippen molar-refractivity contribution in [2.75, 3.05) is 4.72 Å². The van der Waals surface area contributed by atoms with E-state index >= 15 is 0 Å². The number of nitrogens with one attached hydrogen (secondary N) is 1. The molecule has 0 fully saturated rings. The van der Waals surface area contributed by atoms with Gasteiger partial charge in [-0.25, -0.2) is 0 Å². The van der Waals surface area contributed by atoms with E-state index in [1.54, 1.807) is 19.1 Å². The highest BCUT2D eigenvalue weighted by Crippen LogP contribution is 2.18. The van der Waals surface area contributed by atoms with Crippen molar-refractivity contribution in [2.24, 2.45) is 0 Å². The number of aliphatic hydroxyl groups is 1. The zero-order valence-electron chi connectivity index (χ0n) is 9.62. The van der Waals surface area contributed by atoms with E-state index < -0.39 is 10.0 Å². The summed E-state index contributed by atoms with van der Waals surface area (Å²) in [6.45, 7) is 1.46. The maximum atomic E-state index is 11.9. The Hall–Kier alpha value is -1.86. The molecular formula is C11H12N2O4S. The van der Waals surface area contributed by atoms with Gasteiger partial charge in [-0.1, -0.05) is 0 Å². The minimum Gasteiger partial charge on any atom is -0.445 e. The number of furan rings is 1. The summed E-state index contributed by atoms with van der Waals surface area (Å²) in [7, 11) is -3.78. The molecule has 0 aliphatic carbocycles. The Labute approximate surface area is 104 Å². The van der Waals surface area contributed by atoms with Crippen LogP contribution in [0.3, 0.4) is 0 Å². The number of rotatable bonds is 4. The summed E-state index contributed by atoms with van der Waals surface area (Å²) in [5, 5.41) is 8.57. The molecule has 0 unspecified atom stereocenters. The van der Waals surface area contributed by atoms with Crippen LogP contribution in [0.5, 0.6) is 0 Å². The van der Waals surface area contributed by atoms with Crippen LogP contribution in [0.2, 0.25) is 0 Å². The van der Waals surface area contributed by atoms with Gasteiger partial charge in [0.25, 0.3) is 10.0 Å². The van der Waals surface area contributed by atoms with Gasteiger partial charge in [0, 0.05) is 5.69 Å². The number of sulfonamides is 1. The predicted molar refractivity (Wildman–Crippen MR) is 64.4 cm³/mol. The molecule has 2 rings (SSSR count). The second-order valence-electron chi connectivity index (χ2n) is 3.67. The summed E-state index contributed by atoms with van der Waals surface area (Å²) >= 11 is 0. The second kappa shape index (κ2) is 4.79. The van der Waals surface area contributed by atoms with Crippen LogP contribution in [0.1, 0.15) is 11.5 Å². The van der Waals surface area contributed by atoms with Crippen molar-refractivity contribution >= 4 is 15.7 Å². The molecule has 2 N–H and O–H groups in total.